The highest BCUT2D eigenvalue weighted by Crippen LogP contribution is 2.31. The highest BCUT2D eigenvalue weighted by molar-refractivity contribution is 8.18. The van der Waals surface area contributed by atoms with Crippen LogP contribution >= 0.6 is 23.4 Å². The first-order valence-electron chi connectivity index (χ1n) is 8.47. The van der Waals surface area contributed by atoms with Gasteiger partial charge in [-0.15, -0.1) is 0 Å². The summed E-state index contributed by atoms with van der Waals surface area (Å²) in [5.41, 5.74) is 2.68. The minimum atomic E-state index is -1.09. The van der Waals surface area contributed by atoms with Gasteiger partial charge in [0.1, 0.15) is 5.75 Å². The Hall–Kier alpha value is -2.77. The average Bonchev–Trinajstić information content (AvgIpc) is 3.00. The molecule has 0 aliphatic carbocycles. The lowest BCUT2D eigenvalue weighted by Crippen LogP contribution is -2.19. The van der Waals surface area contributed by atoms with Crippen LogP contribution in [0.4, 0.5) is 5.69 Å². The molecule has 1 amide bonds. The summed E-state index contributed by atoms with van der Waals surface area (Å²) >= 11 is 7.36. The number of ether oxygens (including phenoxy) is 1. The molecule has 0 unspecified atom stereocenters. The van der Waals surface area contributed by atoms with Crippen LogP contribution in [0.15, 0.2) is 52.4 Å². The maximum Gasteiger partial charge on any atom is 0.341 e. The first-order valence-corrected chi connectivity index (χ1v) is 9.66. The van der Waals surface area contributed by atoms with E-state index in [2.05, 4.69) is 17.2 Å². The zero-order chi connectivity index (χ0) is 20.1. The van der Waals surface area contributed by atoms with E-state index in [1.54, 1.807) is 24.3 Å². The third kappa shape index (κ3) is 5.15. The number of nitrogens with zero attached hydrogens (tertiary/aromatic N) is 1. The van der Waals surface area contributed by atoms with Crippen LogP contribution in [0.1, 0.15) is 18.1 Å². The molecule has 0 spiro atoms. The molecular weight excluding hydrogens is 400 g/mol. The lowest BCUT2D eigenvalue weighted by atomic mass is 10.2. The molecule has 0 radical (unpaired) electrons. The number of thioether (sulfide) groups is 1. The van der Waals surface area contributed by atoms with Crippen LogP contribution in [-0.4, -0.2) is 28.8 Å². The van der Waals surface area contributed by atoms with E-state index in [0.29, 0.717) is 15.6 Å². The number of carbonyl (C=O) groups is 2. The number of aliphatic imine (C=N–C) groups is 1. The summed E-state index contributed by atoms with van der Waals surface area (Å²) in [5, 5.41) is 12.2. The third-order valence-corrected chi connectivity index (χ3v) is 5.04. The van der Waals surface area contributed by atoms with E-state index in [4.69, 9.17) is 21.4 Å². The Bertz CT molecular complexity index is 971. The molecule has 2 N–H and O–H groups in total. The molecule has 0 atom stereocenters. The van der Waals surface area contributed by atoms with Crippen molar-refractivity contribution in [3.05, 3.63) is 63.5 Å². The number of nitrogens with one attached hydrogen (secondary N) is 1. The summed E-state index contributed by atoms with van der Waals surface area (Å²) < 4.78 is 5.09. The molecule has 2 aromatic rings. The van der Waals surface area contributed by atoms with Gasteiger partial charge in [-0.3, -0.25) is 4.79 Å². The molecule has 1 aliphatic heterocycles. The number of aryl methyl sites for hydroxylation is 1. The second-order valence-corrected chi connectivity index (χ2v) is 7.31. The number of hydrogen-bond donors (Lipinski definition) is 2. The van der Waals surface area contributed by atoms with Gasteiger partial charge in [-0.1, -0.05) is 36.7 Å². The summed E-state index contributed by atoms with van der Waals surface area (Å²) in [4.78, 5) is 27.7. The van der Waals surface area contributed by atoms with Crippen molar-refractivity contribution in [1.29, 1.82) is 0 Å². The zero-order valence-electron chi connectivity index (χ0n) is 14.9. The molecule has 8 heteroatoms. The fourth-order valence-corrected chi connectivity index (χ4v) is 3.50. The van der Waals surface area contributed by atoms with Crippen molar-refractivity contribution in [3.63, 3.8) is 0 Å². The minimum Gasteiger partial charge on any atom is -0.480 e. The summed E-state index contributed by atoms with van der Waals surface area (Å²) in [7, 11) is 0. The molecule has 0 bridgehead atoms. The maximum atomic E-state index is 12.2. The first kappa shape index (κ1) is 20.0. The molecule has 1 fully saturated rings. The molecule has 2 aromatic carbocycles. The predicted molar refractivity (Wildman–Crippen MR) is 111 cm³/mol. The molecule has 6 nitrogen and oxygen atoms in total. The van der Waals surface area contributed by atoms with Crippen LogP contribution in [-0.2, 0) is 16.0 Å². The van der Waals surface area contributed by atoms with Crippen LogP contribution < -0.4 is 10.1 Å². The molecule has 1 saturated heterocycles. The van der Waals surface area contributed by atoms with Crippen molar-refractivity contribution in [2.75, 3.05) is 6.61 Å². The quantitative estimate of drug-likeness (QED) is 0.687. The number of amides is 1. The summed E-state index contributed by atoms with van der Waals surface area (Å²) in [6.45, 7) is 1.61. The minimum absolute atomic E-state index is 0.240. The number of amidine groups is 1. The third-order valence-electron chi connectivity index (χ3n) is 3.83. The van der Waals surface area contributed by atoms with Crippen molar-refractivity contribution in [3.8, 4) is 5.75 Å². The Morgan fingerprint density at radius 2 is 2.04 bits per heavy atom. The van der Waals surface area contributed by atoms with Gasteiger partial charge in [-0.2, -0.15) is 0 Å². The highest BCUT2D eigenvalue weighted by Gasteiger charge is 2.23. The number of benzene rings is 2. The number of carboxylic acid groups (broad SMARTS) is 1. The van der Waals surface area contributed by atoms with Crippen molar-refractivity contribution in [1.82, 2.24) is 5.32 Å². The van der Waals surface area contributed by atoms with Crippen LogP contribution in [0.2, 0.25) is 5.02 Å². The number of hydrogen-bond acceptors (Lipinski definition) is 5. The van der Waals surface area contributed by atoms with Crippen molar-refractivity contribution < 1.29 is 19.4 Å². The maximum absolute atomic E-state index is 12.2. The van der Waals surface area contributed by atoms with E-state index in [1.165, 1.54) is 17.3 Å². The number of aliphatic carboxylic acids is 1. The number of carboxylic acids is 1. The lowest BCUT2D eigenvalue weighted by molar-refractivity contribution is -0.139. The van der Waals surface area contributed by atoms with Crippen LogP contribution in [0.25, 0.3) is 6.08 Å². The highest BCUT2D eigenvalue weighted by atomic mass is 35.5. The monoisotopic (exact) mass is 416 g/mol. The summed E-state index contributed by atoms with van der Waals surface area (Å²) in [6, 6.07) is 12.7. The zero-order valence-corrected chi connectivity index (χ0v) is 16.5. The largest absolute Gasteiger partial charge is 0.480 e. The van der Waals surface area contributed by atoms with E-state index >= 15 is 0 Å². The van der Waals surface area contributed by atoms with E-state index < -0.39 is 12.6 Å². The second-order valence-electron chi connectivity index (χ2n) is 5.87. The first-order chi connectivity index (χ1) is 13.4. The van der Waals surface area contributed by atoms with Crippen LogP contribution in [0, 0.1) is 0 Å². The van der Waals surface area contributed by atoms with E-state index in [1.807, 2.05) is 24.3 Å². The normalized spacial score (nSPS) is 16.4. The van der Waals surface area contributed by atoms with Gasteiger partial charge in [-0.05, 0) is 59.7 Å². The smallest absolute Gasteiger partial charge is 0.341 e. The van der Waals surface area contributed by atoms with Gasteiger partial charge in [0.15, 0.2) is 11.8 Å². The van der Waals surface area contributed by atoms with E-state index in [0.717, 1.165) is 12.1 Å². The van der Waals surface area contributed by atoms with Crippen LogP contribution in [0.5, 0.6) is 5.75 Å². The topological polar surface area (TPSA) is 88.0 Å². The summed E-state index contributed by atoms with van der Waals surface area (Å²) in [6.07, 6.45) is 2.65. The SMILES string of the molecule is CCc1ccc(N=C2NC(=O)/C(=C\c3ccc(OCC(=O)O)c(Cl)c3)S2)cc1. The van der Waals surface area contributed by atoms with Crippen molar-refractivity contribution in [2.45, 2.75) is 13.3 Å². The Balaban J connectivity index is 1.73. The molecule has 28 heavy (non-hydrogen) atoms. The van der Waals surface area contributed by atoms with Crippen molar-refractivity contribution >= 4 is 52.2 Å². The van der Waals surface area contributed by atoms with E-state index in [9.17, 15) is 9.59 Å². The van der Waals surface area contributed by atoms with E-state index in [-0.39, 0.29) is 16.7 Å². The Kier molecular flexibility index (Phi) is 6.38. The average molecular weight is 417 g/mol. The van der Waals surface area contributed by atoms with Crippen LogP contribution in [0.3, 0.4) is 0 Å². The number of carbonyl (C=O) groups excluding carboxylic acids is 1. The van der Waals surface area contributed by atoms with Gasteiger partial charge >= 0.3 is 5.97 Å². The van der Waals surface area contributed by atoms with Gasteiger partial charge in [0.05, 0.1) is 15.6 Å². The Labute approximate surface area is 171 Å². The predicted octanol–water partition coefficient (Wildman–Crippen LogP) is 4.26. The second kappa shape index (κ2) is 8.95. The molecule has 1 heterocycles. The van der Waals surface area contributed by atoms with Gasteiger partial charge in [0.2, 0.25) is 0 Å². The standard InChI is InChI=1S/C20H17ClN2O4S/c1-2-12-3-6-14(7-4-12)22-20-23-19(26)17(28-20)10-13-5-8-16(15(21)9-13)27-11-18(24)25/h3-10H,2,11H2,1H3,(H,24,25)(H,22,23,26)/b17-10+. The van der Waals surface area contributed by atoms with Gasteiger partial charge in [0.25, 0.3) is 5.91 Å². The fourth-order valence-electron chi connectivity index (χ4n) is 2.42. The van der Waals surface area contributed by atoms with Gasteiger partial charge < -0.3 is 15.2 Å². The Morgan fingerprint density at radius 3 is 2.68 bits per heavy atom. The molecule has 0 aromatic heterocycles. The van der Waals surface area contributed by atoms with Gasteiger partial charge in [0, 0.05) is 0 Å². The molecule has 0 saturated carbocycles. The summed E-state index contributed by atoms with van der Waals surface area (Å²) in [5.74, 6) is -1.05. The molecule has 3 rings (SSSR count). The lowest BCUT2D eigenvalue weighted by Gasteiger charge is -2.06. The molecule has 144 valence electrons. The van der Waals surface area contributed by atoms with Gasteiger partial charge in [-0.25, -0.2) is 9.79 Å². The number of rotatable bonds is 6. The van der Waals surface area contributed by atoms with Crippen molar-refractivity contribution in [2.24, 2.45) is 4.99 Å². The fraction of sp³-hybridized carbons (Fsp3) is 0.150. The molecular formula is C20H17ClN2O4S. The molecule has 1 aliphatic rings. The Morgan fingerprint density at radius 1 is 1.29 bits per heavy atom. The number of halogens is 1.